The first kappa shape index (κ1) is 44.8. The lowest BCUT2D eigenvalue weighted by molar-refractivity contribution is -0.288. The second-order valence-corrected chi connectivity index (χ2v) is 15.0. The van der Waals surface area contributed by atoms with Crippen LogP contribution in [0.2, 0.25) is 0 Å². The molecule has 12 atom stereocenters. The number of nitrogens with two attached hydrogens (primary N) is 1. The molecular formula is C31H48N7O17P. The number of amides is 1. The normalized spacial score (nSPS) is 29.2. The highest BCUT2D eigenvalue weighted by molar-refractivity contribution is 7.47. The van der Waals surface area contributed by atoms with E-state index in [-0.39, 0.29) is 17.9 Å². The lowest BCUT2D eigenvalue weighted by Gasteiger charge is -2.46. The van der Waals surface area contributed by atoms with E-state index in [1.807, 2.05) is 6.92 Å². The summed E-state index contributed by atoms with van der Waals surface area (Å²) >= 11 is 0. The quantitative estimate of drug-likeness (QED) is 0.0478. The molecule has 2 aromatic heterocycles. The predicted molar refractivity (Wildman–Crippen MR) is 185 cm³/mol. The zero-order chi connectivity index (χ0) is 41.5. The zero-order valence-corrected chi connectivity index (χ0v) is 31.3. The van der Waals surface area contributed by atoms with Crippen molar-refractivity contribution >= 4 is 31.5 Å². The molecule has 0 spiro atoms. The molecule has 0 aromatic carbocycles. The van der Waals surface area contributed by atoms with E-state index >= 15 is 0 Å². The Morgan fingerprint density at radius 3 is 2.50 bits per heavy atom. The lowest BCUT2D eigenvalue weighted by Crippen LogP contribution is -2.67. The number of aliphatic carboxylic acids is 2. The van der Waals surface area contributed by atoms with Gasteiger partial charge in [-0.2, -0.15) is 4.98 Å². The van der Waals surface area contributed by atoms with Crippen molar-refractivity contribution in [1.82, 2.24) is 29.9 Å². The monoisotopic (exact) mass is 821 g/mol. The van der Waals surface area contributed by atoms with Gasteiger partial charge in [0.25, 0.3) is 5.79 Å². The number of aromatic nitrogens is 5. The SMILES string of the molecule is CCCCCCC(Cc1cn(C[C@@H](O)[C@@H](O)[C@@H]2O[C@](OP(=O)(O)OC[C@H]3O[C@@H](n4ccc(N)nc4=O)[C@H](O)[C@@H]3O)(C(=O)O)C[C@H](O)[C@H]2NC(C)=O)nn1)C(=O)O. The fourth-order valence-corrected chi connectivity index (χ4v) is 7.37. The van der Waals surface area contributed by atoms with Gasteiger partial charge in [0.05, 0.1) is 36.9 Å². The lowest BCUT2D eigenvalue weighted by atomic mass is 9.88. The van der Waals surface area contributed by atoms with Crippen LogP contribution in [0.5, 0.6) is 0 Å². The smallest absolute Gasteiger partial charge is 0.475 e. The Morgan fingerprint density at radius 2 is 1.88 bits per heavy atom. The molecule has 0 aliphatic carbocycles. The van der Waals surface area contributed by atoms with Crippen LogP contribution in [-0.4, -0.2) is 144 Å². The third-order valence-corrected chi connectivity index (χ3v) is 10.3. The summed E-state index contributed by atoms with van der Waals surface area (Å²) in [7, 11) is -5.61. The summed E-state index contributed by atoms with van der Waals surface area (Å²) in [4.78, 5) is 62.8. The highest BCUT2D eigenvalue weighted by Crippen LogP contribution is 2.51. The number of hydrogen-bond acceptors (Lipinski definition) is 18. The summed E-state index contributed by atoms with van der Waals surface area (Å²) < 4.78 is 35.8. The minimum atomic E-state index is -5.61. The number of nitrogens with zero attached hydrogens (tertiary/aromatic N) is 5. The number of nitrogens with one attached hydrogen (secondary N) is 1. The first-order chi connectivity index (χ1) is 26.3. The Bertz CT molecular complexity index is 1780. The first-order valence-corrected chi connectivity index (χ1v) is 19.2. The van der Waals surface area contributed by atoms with Crippen LogP contribution >= 0.6 is 7.82 Å². The number of phosphoric acid groups is 1. The number of carboxylic acid groups (broad SMARTS) is 2. The van der Waals surface area contributed by atoms with Gasteiger partial charge in [0.2, 0.25) is 5.91 Å². The highest BCUT2D eigenvalue weighted by Gasteiger charge is 2.59. The molecular weight excluding hydrogens is 773 g/mol. The molecule has 24 nitrogen and oxygen atoms in total. The molecule has 1 amide bonds. The zero-order valence-electron chi connectivity index (χ0n) is 30.4. The van der Waals surface area contributed by atoms with E-state index in [2.05, 4.69) is 20.6 Å². The average molecular weight is 822 g/mol. The molecule has 2 aliphatic rings. The van der Waals surface area contributed by atoms with Gasteiger partial charge < -0.3 is 61.2 Å². The number of aliphatic hydroxyl groups excluding tert-OH is 5. The molecule has 2 saturated heterocycles. The molecule has 56 heavy (non-hydrogen) atoms. The minimum Gasteiger partial charge on any atom is -0.481 e. The summed E-state index contributed by atoms with van der Waals surface area (Å²) in [5.74, 6) is -8.07. The van der Waals surface area contributed by atoms with Crippen LogP contribution in [0.15, 0.2) is 23.3 Å². The van der Waals surface area contributed by atoms with Gasteiger partial charge in [0.1, 0.15) is 42.4 Å². The molecule has 4 heterocycles. The van der Waals surface area contributed by atoms with Crippen molar-refractivity contribution in [3.05, 3.63) is 34.6 Å². The van der Waals surface area contributed by atoms with Crippen molar-refractivity contribution in [3.63, 3.8) is 0 Å². The van der Waals surface area contributed by atoms with E-state index in [1.54, 1.807) is 0 Å². The molecule has 2 unspecified atom stereocenters. The Hall–Kier alpha value is -3.94. The van der Waals surface area contributed by atoms with Crippen LogP contribution in [0, 0.1) is 5.92 Å². The van der Waals surface area contributed by atoms with E-state index in [1.165, 1.54) is 12.3 Å². The molecule has 314 valence electrons. The molecule has 0 bridgehead atoms. The van der Waals surface area contributed by atoms with E-state index in [0.717, 1.165) is 41.6 Å². The van der Waals surface area contributed by atoms with Crippen molar-refractivity contribution in [2.45, 2.75) is 126 Å². The summed E-state index contributed by atoms with van der Waals surface area (Å²) in [6, 6.07) is -0.415. The maximum atomic E-state index is 13.2. The number of phosphoric ester groups is 1. The largest absolute Gasteiger partial charge is 0.481 e. The predicted octanol–water partition coefficient (Wildman–Crippen LogP) is -2.76. The summed E-state index contributed by atoms with van der Waals surface area (Å²) in [5.41, 5.74) is 4.77. The van der Waals surface area contributed by atoms with E-state index in [0.29, 0.717) is 12.8 Å². The number of carbonyl (C=O) groups is 3. The molecule has 25 heteroatoms. The number of unbranched alkanes of at least 4 members (excludes halogenated alkanes) is 3. The van der Waals surface area contributed by atoms with Crippen LogP contribution in [0.1, 0.15) is 64.3 Å². The van der Waals surface area contributed by atoms with Crippen LogP contribution in [0.3, 0.4) is 0 Å². The van der Waals surface area contributed by atoms with Crippen molar-refractivity contribution in [2.75, 3.05) is 12.3 Å². The number of carbonyl (C=O) groups excluding carboxylic acids is 1. The van der Waals surface area contributed by atoms with Gasteiger partial charge in [-0.3, -0.25) is 18.7 Å². The summed E-state index contributed by atoms with van der Waals surface area (Å²) in [6.45, 7) is 1.48. The number of anilines is 1. The van der Waals surface area contributed by atoms with Crippen LogP contribution in [0.4, 0.5) is 5.82 Å². The fourth-order valence-electron chi connectivity index (χ4n) is 6.41. The standard InChI is InChI=1S/C31H48N7O17P/c1-3-4-5-6-7-16(28(45)46)10-17-12-37(36-35-17)13-19(41)23(42)26-22(33-15(2)39)18(40)11-31(54-26,29(47)48)55-56(50,51)52-14-20-24(43)25(44)27(53-20)38-9-8-21(32)34-30(38)49/h8-9,12,16,18-20,22-27,40-44H,3-7,10-11,13-14H2,1-2H3,(H,33,39)(H,45,46)(H,47,48)(H,50,51)(H2,32,34,49)/t16?,18-,19+,20+,22+,23+,24+,25+,26+,27+,31+/m0/s1. The molecule has 0 saturated carbocycles. The Balaban J connectivity index is 1.47. The molecule has 11 N–H and O–H groups in total. The van der Waals surface area contributed by atoms with Crippen molar-refractivity contribution < 1.29 is 78.1 Å². The van der Waals surface area contributed by atoms with Crippen molar-refractivity contribution in [2.24, 2.45) is 5.92 Å². The molecule has 2 fully saturated rings. The Labute approximate surface area is 318 Å². The molecule has 2 aromatic rings. The number of hydrogen-bond donors (Lipinski definition) is 10. The molecule has 2 aliphatic heterocycles. The number of carboxylic acids is 2. The molecule has 0 radical (unpaired) electrons. The highest BCUT2D eigenvalue weighted by atomic mass is 31.2. The minimum absolute atomic E-state index is 0.0253. The van der Waals surface area contributed by atoms with Gasteiger partial charge in [-0.15, -0.1) is 5.10 Å². The van der Waals surface area contributed by atoms with Gasteiger partial charge in [-0.25, -0.2) is 23.4 Å². The van der Waals surface area contributed by atoms with Crippen molar-refractivity contribution in [3.8, 4) is 0 Å². The fraction of sp³-hybridized carbons (Fsp3) is 0.710. The van der Waals surface area contributed by atoms with Crippen LogP contribution < -0.4 is 16.7 Å². The topological polar surface area (TPSA) is 371 Å². The first-order valence-electron chi connectivity index (χ1n) is 17.7. The number of rotatable bonds is 20. The maximum absolute atomic E-state index is 13.2. The Morgan fingerprint density at radius 1 is 1.16 bits per heavy atom. The van der Waals surface area contributed by atoms with E-state index in [4.69, 9.17) is 24.3 Å². The summed E-state index contributed by atoms with van der Waals surface area (Å²) in [5, 5.41) is 84.2. The maximum Gasteiger partial charge on any atom is 0.475 e. The number of nitrogen functional groups attached to an aromatic ring is 1. The molecule has 4 rings (SSSR count). The Kier molecular flexibility index (Phi) is 15.2. The number of aliphatic hydroxyl groups is 5. The average Bonchev–Trinajstić information content (AvgIpc) is 3.67. The summed E-state index contributed by atoms with van der Waals surface area (Å²) in [6.07, 6.45) is -9.56. The second kappa shape index (κ2) is 19.0. The van der Waals surface area contributed by atoms with E-state index < -0.39 is 118 Å². The third-order valence-electron chi connectivity index (χ3n) is 9.30. The van der Waals surface area contributed by atoms with Gasteiger partial charge in [-0.05, 0) is 12.5 Å². The van der Waals surface area contributed by atoms with Crippen molar-refractivity contribution in [1.29, 1.82) is 0 Å². The third kappa shape index (κ3) is 11.1. The van der Waals surface area contributed by atoms with Crippen LogP contribution in [-0.2, 0) is 50.4 Å². The van der Waals surface area contributed by atoms with Gasteiger partial charge in [0.15, 0.2) is 6.23 Å². The van der Waals surface area contributed by atoms with Gasteiger partial charge >= 0.3 is 25.5 Å². The second-order valence-electron chi connectivity index (χ2n) is 13.7. The van der Waals surface area contributed by atoms with Gasteiger partial charge in [0, 0.05) is 32.2 Å². The number of ether oxygens (including phenoxy) is 2. The van der Waals surface area contributed by atoms with E-state index in [9.17, 15) is 64.4 Å². The van der Waals surface area contributed by atoms with Gasteiger partial charge in [-0.1, -0.05) is 37.8 Å². The van der Waals surface area contributed by atoms with Crippen LogP contribution in [0.25, 0.3) is 0 Å².